The number of nitro benzene ring substituents is 1. The Morgan fingerprint density at radius 2 is 1.59 bits per heavy atom. The molecule has 34 heavy (non-hydrogen) atoms. The molecule has 0 aromatic heterocycles. The number of nitro groups is 1. The van der Waals surface area contributed by atoms with E-state index in [9.17, 15) is 19.7 Å². The molecule has 2 aromatic carbocycles. The van der Waals surface area contributed by atoms with Crippen LogP contribution in [0, 0.1) is 16.0 Å². The van der Waals surface area contributed by atoms with Gasteiger partial charge in [0.2, 0.25) is 17.4 Å². The number of carbonyl (C=O) groups is 2. The van der Waals surface area contributed by atoms with E-state index in [0.717, 1.165) is 0 Å². The Bertz CT molecular complexity index is 1080. The molecular weight excluding hydrogens is 446 g/mol. The van der Waals surface area contributed by atoms with Crippen LogP contribution in [0.2, 0.25) is 0 Å². The summed E-state index contributed by atoms with van der Waals surface area (Å²) < 4.78 is 20.9. The predicted octanol–water partition coefficient (Wildman–Crippen LogP) is 3.12. The summed E-state index contributed by atoms with van der Waals surface area (Å²) in [6.07, 6.45) is 0.815. The van der Waals surface area contributed by atoms with Gasteiger partial charge in [-0.15, -0.1) is 0 Å². The van der Waals surface area contributed by atoms with E-state index in [2.05, 4.69) is 5.32 Å². The highest BCUT2D eigenvalue weighted by atomic mass is 16.6. The molecule has 0 spiro atoms. The molecule has 0 atom stereocenters. The van der Waals surface area contributed by atoms with Crippen molar-refractivity contribution in [3.63, 3.8) is 0 Å². The summed E-state index contributed by atoms with van der Waals surface area (Å²) in [5, 5.41) is 14.7. The molecule has 0 radical (unpaired) electrons. The Hall–Kier alpha value is -4.02. The number of benzene rings is 2. The monoisotopic (exact) mass is 473 g/mol. The molecule has 0 saturated carbocycles. The molecule has 182 valence electrons. The molecule has 3 rings (SSSR count). The highest BCUT2D eigenvalue weighted by Gasteiger charge is 2.36. The van der Waals surface area contributed by atoms with Gasteiger partial charge in [-0.1, -0.05) is 12.1 Å². The minimum Gasteiger partial charge on any atom is -0.495 e. The number of ether oxygens (including phenoxy) is 4. The van der Waals surface area contributed by atoms with E-state index >= 15 is 0 Å². The summed E-state index contributed by atoms with van der Waals surface area (Å²) in [6.45, 7) is 0.521. The lowest BCUT2D eigenvalue weighted by Gasteiger charge is -2.31. The first-order valence-electron chi connectivity index (χ1n) is 10.6. The second kappa shape index (κ2) is 10.7. The molecule has 11 nitrogen and oxygen atoms in total. The third-order valence-corrected chi connectivity index (χ3v) is 5.73. The molecule has 1 N–H and O–H groups in total. The summed E-state index contributed by atoms with van der Waals surface area (Å²) in [5.41, 5.74) is -0.0980. The molecule has 11 heteroatoms. The van der Waals surface area contributed by atoms with Crippen molar-refractivity contribution in [3.8, 4) is 23.0 Å². The number of methoxy groups -OCH3 is 4. The van der Waals surface area contributed by atoms with Crippen LogP contribution in [0.15, 0.2) is 30.3 Å². The lowest BCUT2D eigenvalue weighted by atomic mass is 9.95. The lowest BCUT2D eigenvalue weighted by Crippen LogP contribution is -2.41. The van der Waals surface area contributed by atoms with Crippen molar-refractivity contribution in [2.45, 2.75) is 12.8 Å². The maximum Gasteiger partial charge on any atom is 0.327 e. The summed E-state index contributed by atoms with van der Waals surface area (Å²) in [5.74, 6) is -0.507. The number of rotatable bonds is 8. The fourth-order valence-corrected chi connectivity index (χ4v) is 3.98. The average Bonchev–Trinajstić information content (AvgIpc) is 2.86. The van der Waals surface area contributed by atoms with Crippen molar-refractivity contribution < 1.29 is 33.5 Å². The van der Waals surface area contributed by atoms with Gasteiger partial charge in [0.15, 0.2) is 5.75 Å². The van der Waals surface area contributed by atoms with Crippen LogP contribution in [-0.2, 0) is 4.79 Å². The van der Waals surface area contributed by atoms with Gasteiger partial charge in [-0.05, 0) is 25.0 Å². The topological polar surface area (TPSA) is 129 Å². The molecular formula is C23H27N3O8. The Morgan fingerprint density at radius 3 is 2.15 bits per heavy atom. The van der Waals surface area contributed by atoms with E-state index in [1.807, 2.05) is 0 Å². The number of likely N-dealkylation sites (tertiary alicyclic amines) is 1. The average molecular weight is 473 g/mol. The van der Waals surface area contributed by atoms with Gasteiger partial charge in [0.25, 0.3) is 5.91 Å². The van der Waals surface area contributed by atoms with Gasteiger partial charge >= 0.3 is 5.69 Å². The highest BCUT2D eigenvalue weighted by Crippen LogP contribution is 2.46. The minimum atomic E-state index is -0.679. The SMILES string of the molecule is COc1ccccc1NC(=O)C1CCN(C(=O)c2cc(OC)c(OC)c(OC)c2[N+](=O)[O-])CC1. The van der Waals surface area contributed by atoms with Gasteiger partial charge in [-0.2, -0.15) is 0 Å². The number of hydrogen-bond donors (Lipinski definition) is 1. The van der Waals surface area contributed by atoms with Crippen molar-refractivity contribution >= 4 is 23.2 Å². The van der Waals surface area contributed by atoms with E-state index in [4.69, 9.17) is 18.9 Å². The lowest BCUT2D eigenvalue weighted by molar-refractivity contribution is -0.386. The van der Waals surface area contributed by atoms with Crippen molar-refractivity contribution in [3.05, 3.63) is 46.0 Å². The van der Waals surface area contributed by atoms with Gasteiger partial charge in [0, 0.05) is 25.1 Å². The molecule has 1 heterocycles. The van der Waals surface area contributed by atoms with E-state index in [1.54, 1.807) is 24.3 Å². The largest absolute Gasteiger partial charge is 0.495 e. The van der Waals surface area contributed by atoms with Crippen molar-refractivity contribution in [1.82, 2.24) is 4.90 Å². The summed E-state index contributed by atoms with van der Waals surface area (Å²) in [7, 11) is 5.47. The molecule has 1 aliphatic heterocycles. The van der Waals surface area contributed by atoms with Gasteiger partial charge in [-0.25, -0.2) is 0 Å². The van der Waals surface area contributed by atoms with Crippen LogP contribution in [0.3, 0.4) is 0 Å². The van der Waals surface area contributed by atoms with Crippen molar-refractivity contribution in [2.24, 2.45) is 5.92 Å². The summed E-state index contributed by atoms with van der Waals surface area (Å²) in [4.78, 5) is 38.6. The standard InChI is InChI=1S/C23H27N3O8/c1-31-17-8-6-5-7-16(17)24-22(27)14-9-11-25(12-10-14)23(28)15-13-18(32-2)20(33-3)21(34-4)19(15)26(29)30/h5-8,13-14H,9-12H2,1-4H3,(H,24,27). The third-order valence-electron chi connectivity index (χ3n) is 5.73. The second-order valence-corrected chi connectivity index (χ2v) is 7.55. The number of para-hydroxylation sites is 2. The van der Waals surface area contributed by atoms with Crippen molar-refractivity contribution in [2.75, 3.05) is 46.8 Å². The maximum absolute atomic E-state index is 13.3. The van der Waals surface area contributed by atoms with E-state index in [1.165, 1.54) is 39.4 Å². The molecule has 2 amide bonds. The van der Waals surface area contributed by atoms with Gasteiger partial charge in [0.05, 0.1) is 39.0 Å². The van der Waals surface area contributed by atoms with Crippen LogP contribution in [0.5, 0.6) is 23.0 Å². The van der Waals surface area contributed by atoms with E-state index < -0.39 is 16.5 Å². The first-order valence-corrected chi connectivity index (χ1v) is 10.6. The zero-order valence-electron chi connectivity index (χ0n) is 19.5. The first-order chi connectivity index (χ1) is 16.4. The van der Waals surface area contributed by atoms with Gasteiger partial charge in [-0.3, -0.25) is 19.7 Å². The Balaban J connectivity index is 1.78. The fraction of sp³-hybridized carbons (Fsp3) is 0.391. The zero-order valence-corrected chi connectivity index (χ0v) is 19.5. The fourth-order valence-electron chi connectivity index (χ4n) is 3.98. The number of piperidine rings is 1. The molecule has 1 aliphatic rings. The summed E-state index contributed by atoms with van der Waals surface area (Å²) >= 11 is 0. The first kappa shape index (κ1) is 24.6. The smallest absolute Gasteiger partial charge is 0.327 e. The number of hydrogen-bond acceptors (Lipinski definition) is 8. The Labute approximate surface area is 196 Å². The van der Waals surface area contributed by atoms with E-state index in [-0.39, 0.29) is 47.7 Å². The maximum atomic E-state index is 13.3. The van der Waals surface area contributed by atoms with Crippen LogP contribution in [0.1, 0.15) is 23.2 Å². The third kappa shape index (κ3) is 4.82. The van der Waals surface area contributed by atoms with Crippen LogP contribution in [0.4, 0.5) is 11.4 Å². The second-order valence-electron chi connectivity index (χ2n) is 7.55. The number of nitrogens with zero attached hydrogens (tertiary/aromatic N) is 2. The molecule has 1 saturated heterocycles. The Morgan fingerprint density at radius 1 is 0.971 bits per heavy atom. The predicted molar refractivity (Wildman–Crippen MR) is 123 cm³/mol. The summed E-state index contributed by atoms with van der Waals surface area (Å²) in [6, 6.07) is 8.38. The number of amides is 2. The number of carbonyl (C=O) groups excluding carboxylic acids is 2. The normalized spacial score (nSPS) is 13.7. The van der Waals surface area contributed by atoms with Crippen molar-refractivity contribution in [1.29, 1.82) is 0 Å². The number of nitrogens with one attached hydrogen (secondary N) is 1. The van der Waals surface area contributed by atoms with Crippen LogP contribution < -0.4 is 24.3 Å². The number of anilines is 1. The van der Waals surface area contributed by atoms with Crippen LogP contribution in [0.25, 0.3) is 0 Å². The van der Waals surface area contributed by atoms with E-state index in [0.29, 0.717) is 24.3 Å². The molecule has 2 aromatic rings. The van der Waals surface area contributed by atoms with Gasteiger partial charge in [0.1, 0.15) is 11.3 Å². The molecule has 0 bridgehead atoms. The quantitative estimate of drug-likeness (QED) is 0.457. The molecule has 0 unspecified atom stereocenters. The van der Waals surface area contributed by atoms with Crippen LogP contribution >= 0.6 is 0 Å². The minimum absolute atomic E-state index is 0.0277. The molecule has 0 aliphatic carbocycles. The Kier molecular flexibility index (Phi) is 7.77. The molecule has 1 fully saturated rings. The van der Waals surface area contributed by atoms with Crippen LogP contribution in [-0.4, -0.2) is 63.2 Å². The highest BCUT2D eigenvalue weighted by molar-refractivity contribution is 6.01. The zero-order chi connectivity index (χ0) is 24.8. The van der Waals surface area contributed by atoms with Gasteiger partial charge < -0.3 is 29.2 Å².